The third kappa shape index (κ3) is 2.85. The quantitative estimate of drug-likeness (QED) is 0.888. The van der Waals surface area contributed by atoms with E-state index in [0.29, 0.717) is 12.5 Å². The zero-order valence-electron chi connectivity index (χ0n) is 12.0. The summed E-state index contributed by atoms with van der Waals surface area (Å²) in [6, 6.07) is 7.73. The third-order valence-corrected chi connectivity index (χ3v) is 5.19. The molecule has 2 heterocycles. The van der Waals surface area contributed by atoms with Gasteiger partial charge in [0, 0.05) is 34.2 Å². The minimum Gasteiger partial charge on any atom is -0.480 e. The zero-order chi connectivity index (χ0) is 15.0. The smallest absolute Gasteiger partial charge is 0.320 e. The number of carboxylic acid groups (broad SMARTS) is 1. The number of fused-ring (bicyclic) bond motifs is 1. The minimum absolute atomic E-state index is 0.375. The Morgan fingerprint density at radius 2 is 2.19 bits per heavy atom. The summed E-state index contributed by atoms with van der Waals surface area (Å²) in [7, 11) is 0. The van der Waals surface area contributed by atoms with Gasteiger partial charge in [-0.1, -0.05) is 25.1 Å². The van der Waals surface area contributed by atoms with Crippen molar-refractivity contribution < 1.29 is 9.90 Å². The number of hydrogen-bond donors (Lipinski definition) is 2. The molecule has 21 heavy (non-hydrogen) atoms. The van der Waals surface area contributed by atoms with Crippen LogP contribution in [0.1, 0.15) is 25.5 Å². The number of nitrogens with zero attached hydrogens (tertiary/aromatic N) is 1. The van der Waals surface area contributed by atoms with Gasteiger partial charge in [0.05, 0.1) is 0 Å². The Kier molecular flexibility index (Phi) is 4.04. The molecule has 2 aromatic rings. The third-order valence-electron chi connectivity index (χ3n) is 4.28. The summed E-state index contributed by atoms with van der Waals surface area (Å²) in [6.07, 6.45) is 1.72. The van der Waals surface area contributed by atoms with Crippen molar-refractivity contribution in [2.24, 2.45) is 5.92 Å². The molecule has 0 radical (unpaired) electrons. The van der Waals surface area contributed by atoms with Gasteiger partial charge in [-0.3, -0.25) is 9.69 Å². The second kappa shape index (κ2) is 5.81. The number of nitrogens with one attached hydrogen (secondary N) is 1. The number of hydrogen-bond acceptors (Lipinski definition) is 2. The van der Waals surface area contributed by atoms with Gasteiger partial charge in [0.15, 0.2) is 0 Å². The van der Waals surface area contributed by atoms with Crippen molar-refractivity contribution in [2.45, 2.75) is 32.4 Å². The summed E-state index contributed by atoms with van der Waals surface area (Å²) in [5.74, 6) is -0.169. The Bertz CT molecular complexity index is 667. The maximum Gasteiger partial charge on any atom is 0.320 e. The van der Waals surface area contributed by atoms with Gasteiger partial charge >= 0.3 is 5.97 Å². The number of piperidine rings is 1. The van der Waals surface area contributed by atoms with E-state index in [4.69, 9.17) is 0 Å². The second-order valence-corrected chi connectivity index (χ2v) is 6.72. The van der Waals surface area contributed by atoms with Crippen molar-refractivity contribution in [1.29, 1.82) is 0 Å². The molecule has 0 saturated carbocycles. The van der Waals surface area contributed by atoms with Crippen LogP contribution >= 0.6 is 15.9 Å². The van der Waals surface area contributed by atoms with E-state index in [1.165, 1.54) is 0 Å². The van der Waals surface area contributed by atoms with Gasteiger partial charge in [0.25, 0.3) is 0 Å². The molecule has 2 N–H and O–H groups in total. The van der Waals surface area contributed by atoms with E-state index < -0.39 is 5.97 Å². The highest BCUT2D eigenvalue weighted by Gasteiger charge is 2.32. The minimum atomic E-state index is -0.714. The van der Waals surface area contributed by atoms with Gasteiger partial charge in [-0.05, 0) is 40.8 Å². The number of aromatic nitrogens is 1. The number of aliphatic carboxylic acids is 1. The van der Waals surface area contributed by atoms with Gasteiger partial charge in [-0.15, -0.1) is 0 Å². The average Bonchev–Trinajstić information content (AvgIpc) is 2.76. The van der Waals surface area contributed by atoms with E-state index in [9.17, 15) is 9.90 Å². The number of rotatable bonds is 3. The van der Waals surface area contributed by atoms with Crippen LogP contribution in [0.3, 0.4) is 0 Å². The van der Waals surface area contributed by atoms with Crippen molar-refractivity contribution in [1.82, 2.24) is 9.88 Å². The Morgan fingerprint density at radius 3 is 2.90 bits per heavy atom. The Balaban J connectivity index is 1.88. The molecule has 0 aliphatic carbocycles. The van der Waals surface area contributed by atoms with Crippen LogP contribution in [0, 0.1) is 5.92 Å². The van der Waals surface area contributed by atoms with Gasteiger partial charge in [0.1, 0.15) is 6.04 Å². The van der Waals surface area contributed by atoms with Crippen LogP contribution in [0.25, 0.3) is 10.9 Å². The number of aromatic amines is 1. The first-order valence-corrected chi connectivity index (χ1v) is 8.07. The van der Waals surface area contributed by atoms with Gasteiger partial charge < -0.3 is 10.1 Å². The fraction of sp³-hybridized carbons (Fsp3) is 0.438. The van der Waals surface area contributed by atoms with Crippen molar-refractivity contribution in [3.05, 3.63) is 34.4 Å². The zero-order valence-corrected chi connectivity index (χ0v) is 13.6. The van der Waals surface area contributed by atoms with Crippen molar-refractivity contribution in [3.63, 3.8) is 0 Å². The summed E-state index contributed by atoms with van der Waals surface area (Å²) in [4.78, 5) is 16.9. The van der Waals surface area contributed by atoms with E-state index in [1.807, 2.05) is 18.2 Å². The van der Waals surface area contributed by atoms with E-state index in [2.05, 4.69) is 38.8 Å². The lowest BCUT2D eigenvalue weighted by molar-refractivity contribution is -0.145. The maximum atomic E-state index is 11.5. The first-order chi connectivity index (χ1) is 10.1. The number of halogens is 1. The molecular formula is C16H19BrN2O2. The molecule has 1 aliphatic rings. The summed E-state index contributed by atoms with van der Waals surface area (Å²) >= 11 is 3.65. The molecule has 2 unspecified atom stereocenters. The lowest BCUT2D eigenvalue weighted by Crippen LogP contribution is -2.46. The highest BCUT2D eigenvalue weighted by atomic mass is 79.9. The van der Waals surface area contributed by atoms with Crippen molar-refractivity contribution >= 4 is 32.8 Å². The average molecular weight is 351 g/mol. The number of benzene rings is 1. The van der Waals surface area contributed by atoms with E-state index in [-0.39, 0.29) is 6.04 Å². The number of para-hydroxylation sites is 1. The van der Waals surface area contributed by atoms with Crippen LogP contribution in [-0.2, 0) is 11.3 Å². The van der Waals surface area contributed by atoms with Crippen LogP contribution in [0.2, 0.25) is 0 Å². The normalized spacial score (nSPS) is 23.5. The van der Waals surface area contributed by atoms with Crippen LogP contribution < -0.4 is 0 Å². The van der Waals surface area contributed by atoms with Crippen LogP contribution in [0.15, 0.2) is 28.7 Å². The molecule has 112 valence electrons. The summed E-state index contributed by atoms with van der Waals surface area (Å²) in [6.45, 7) is 3.65. The lowest BCUT2D eigenvalue weighted by atomic mass is 9.94. The Hall–Kier alpha value is -1.33. The molecule has 2 atom stereocenters. The van der Waals surface area contributed by atoms with Crippen LogP contribution in [0.5, 0.6) is 0 Å². The first-order valence-electron chi connectivity index (χ1n) is 7.28. The molecule has 1 aliphatic heterocycles. The van der Waals surface area contributed by atoms with E-state index >= 15 is 0 Å². The van der Waals surface area contributed by atoms with Crippen molar-refractivity contribution in [2.75, 3.05) is 6.54 Å². The molecule has 1 aromatic heterocycles. The predicted octanol–water partition coefficient (Wildman–Crippen LogP) is 3.62. The molecule has 0 spiro atoms. The number of carbonyl (C=O) groups is 1. The molecule has 1 saturated heterocycles. The highest BCUT2D eigenvalue weighted by molar-refractivity contribution is 9.10. The fourth-order valence-electron chi connectivity index (χ4n) is 3.17. The van der Waals surface area contributed by atoms with Crippen LogP contribution in [0.4, 0.5) is 0 Å². The Morgan fingerprint density at radius 1 is 1.43 bits per heavy atom. The predicted molar refractivity (Wildman–Crippen MR) is 86.2 cm³/mol. The molecule has 5 heteroatoms. The molecule has 3 rings (SSSR count). The van der Waals surface area contributed by atoms with Crippen molar-refractivity contribution in [3.8, 4) is 0 Å². The van der Waals surface area contributed by atoms with E-state index in [0.717, 1.165) is 40.5 Å². The molecule has 0 bridgehead atoms. The highest BCUT2D eigenvalue weighted by Crippen LogP contribution is 2.31. The lowest BCUT2D eigenvalue weighted by Gasteiger charge is -2.36. The van der Waals surface area contributed by atoms with E-state index in [1.54, 1.807) is 0 Å². The number of H-pyrrole nitrogens is 1. The van der Waals surface area contributed by atoms with Gasteiger partial charge in [0.2, 0.25) is 0 Å². The van der Waals surface area contributed by atoms with Gasteiger partial charge in [-0.2, -0.15) is 0 Å². The Labute approximate surface area is 132 Å². The summed E-state index contributed by atoms with van der Waals surface area (Å²) in [5.41, 5.74) is 2.13. The molecule has 1 fully saturated rings. The standard InChI is InChI=1S/C16H19BrN2O2/c1-10-6-7-14(16(20)21)19(8-10)9-13-15(17)11-4-2-3-5-12(11)18-13/h2-5,10,14,18H,6-9H2,1H3,(H,20,21). The number of likely N-dealkylation sites (tertiary alicyclic amines) is 1. The number of carboxylic acids is 1. The molecular weight excluding hydrogens is 332 g/mol. The molecule has 0 amide bonds. The SMILES string of the molecule is CC1CCC(C(=O)O)N(Cc2[nH]c3ccccc3c2Br)C1. The largest absolute Gasteiger partial charge is 0.480 e. The maximum absolute atomic E-state index is 11.5. The first kappa shape index (κ1) is 14.6. The summed E-state index contributed by atoms with van der Waals surface area (Å²) in [5, 5.41) is 10.6. The topological polar surface area (TPSA) is 56.3 Å². The van der Waals surface area contributed by atoms with Gasteiger partial charge in [-0.25, -0.2) is 0 Å². The van der Waals surface area contributed by atoms with Crippen LogP contribution in [-0.4, -0.2) is 33.5 Å². The molecule has 4 nitrogen and oxygen atoms in total. The molecule has 1 aromatic carbocycles. The summed E-state index contributed by atoms with van der Waals surface area (Å²) < 4.78 is 1.04. The fourth-order valence-corrected chi connectivity index (χ4v) is 3.74. The monoisotopic (exact) mass is 350 g/mol. The second-order valence-electron chi connectivity index (χ2n) is 5.93.